The number of pyridine rings is 1. The quantitative estimate of drug-likeness (QED) is 0.774. The topological polar surface area (TPSA) is 77.2 Å². The van der Waals surface area contributed by atoms with Crippen LogP contribution in [0.1, 0.15) is 24.8 Å². The highest BCUT2D eigenvalue weighted by Crippen LogP contribution is 2.14. The number of carbonyl (C=O) groups is 1. The van der Waals surface area contributed by atoms with Crippen molar-refractivity contribution in [3.8, 4) is 11.8 Å². The molecule has 2 heterocycles. The van der Waals surface area contributed by atoms with Crippen LogP contribution in [0.3, 0.4) is 0 Å². The molecule has 1 aliphatic rings. The van der Waals surface area contributed by atoms with Gasteiger partial charge < -0.3 is 15.8 Å². The first-order chi connectivity index (χ1) is 9.29. The molecule has 0 aromatic carbocycles. The van der Waals surface area contributed by atoms with Crippen LogP contribution in [0.4, 0.5) is 5.82 Å². The smallest absolute Gasteiger partial charge is 0.254 e. The summed E-state index contributed by atoms with van der Waals surface area (Å²) in [5.74, 6) is 6.01. The van der Waals surface area contributed by atoms with E-state index in [9.17, 15) is 4.79 Å². The van der Waals surface area contributed by atoms with Gasteiger partial charge in [0.15, 0.2) is 0 Å². The van der Waals surface area contributed by atoms with Crippen molar-refractivity contribution < 1.29 is 9.53 Å². The van der Waals surface area contributed by atoms with Crippen LogP contribution in [0.2, 0.25) is 0 Å². The van der Waals surface area contributed by atoms with Crippen molar-refractivity contribution in [3.05, 3.63) is 23.9 Å². The minimum absolute atomic E-state index is 0.142. The van der Waals surface area contributed by atoms with Crippen molar-refractivity contribution in [1.29, 1.82) is 0 Å². The van der Waals surface area contributed by atoms with Crippen molar-refractivity contribution in [2.24, 2.45) is 5.73 Å². The van der Waals surface area contributed by atoms with Crippen molar-refractivity contribution in [2.45, 2.75) is 25.4 Å². The molecule has 1 aliphatic heterocycles. The Hall–Kier alpha value is -1.90. The van der Waals surface area contributed by atoms with Gasteiger partial charge in [0.1, 0.15) is 11.9 Å². The van der Waals surface area contributed by atoms with Gasteiger partial charge in [-0.1, -0.05) is 11.8 Å². The number of rotatable bonds is 2. The first-order valence-corrected chi connectivity index (χ1v) is 6.37. The van der Waals surface area contributed by atoms with Crippen molar-refractivity contribution in [3.63, 3.8) is 0 Å². The molecule has 1 aromatic heterocycles. The molecule has 100 valence electrons. The van der Waals surface area contributed by atoms with Crippen LogP contribution in [0, 0.1) is 11.8 Å². The van der Waals surface area contributed by atoms with Crippen LogP contribution in [0.5, 0.6) is 0 Å². The van der Waals surface area contributed by atoms with Crippen LogP contribution in [0.25, 0.3) is 0 Å². The Morgan fingerprint density at radius 3 is 3.21 bits per heavy atom. The Bertz CT molecular complexity index is 499. The van der Waals surface area contributed by atoms with Gasteiger partial charge in [-0.3, -0.25) is 4.79 Å². The predicted molar refractivity (Wildman–Crippen MR) is 72.4 cm³/mol. The first kappa shape index (κ1) is 13.5. The molecule has 1 saturated heterocycles. The third kappa shape index (κ3) is 4.05. The van der Waals surface area contributed by atoms with Gasteiger partial charge in [-0.2, -0.15) is 0 Å². The van der Waals surface area contributed by atoms with E-state index in [2.05, 4.69) is 22.1 Å². The fourth-order valence-corrected chi connectivity index (χ4v) is 1.88. The maximum absolute atomic E-state index is 12.0. The maximum Gasteiger partial charge on any atom is 0.254 e. The summed E-state index contributed by atoms with van der Waals surface area (Å²) < 4.78 is 5.42. The number of hydrogen-bond acceptors (Lipinski definition) is 4. The number of carbonyl (C=O) groups excluding carboxylic acids is 1. The number of hydrogen-bond donors (Lipinski definition) is 2. The molecule has 0 saturated carbocycles. The van der Waals surface area contributed by atoms with E-state index in [1.54, 1.807) is 18.3 Å². The summed E-state index contributed by atoms with van der Waals surface area (Å²) in [4.78, 5) is 16.1. The second-order valence-corrected chi connectivity index (χ2v) is 4.28. The van der Waals surface area contributed by atoms with E-state index in [4.69, 9.17) is 10.5 Å². The lowest BCUT2D eigenvalue weighted by molar-refractivity contribution is -0.130. The second kappa shape index (κ2) is 6.88. The van der Waals surface area contributed by atoms with E-state index < -0.39 is 0 Å². The predicted octanol–water partition coefficient (Wildman–Crippen LogP) is 0.899. The van der Waals surface area contributed by atoms with Crippen LogP contribution < -0.4 is 11.1 Å². The Morgan fingerprint density at radius 1 is 1.58 bits per heavy atom. The van der Waals surface area contributed by atoms with Crippen LogP contribution in [0.15, 0.2) is 18.3 Å². The zero-order chi connectivity index (χ0) is 13.5. The lowest BCUT2D eigenvalue weighted by Gasteiger charge is -2.21. The van der Waals surface area contributed by atoms with E-state index >= 15 is 0 Å². The molecular weight excluding hydrogens is 242 g/mol. The average Bonchev–Trinajstić information content (AvgIpc) is 2.46. The molecule has 1 atom stereocenters. The fraction of sp³-hybridized carbons (Fsp3) is 0.429. The van der Waals surface area contributed by atoms with Crippen molar-refractivity contribution in [2.75, 3.05) is 18.5 Å². The summed E-state index contributed by atoms with van der Waals surface area (Å²) in [7, 11) is 0. The highest BCUT2D eigenvalue weighted by Gasteiger charge is 2.22. The molecule has 1 amide bonds. The Balaban J connectivity index is 1.99. The summed E-state index contributed by atoms with van der Waals surface area (Å²) in [5, 5.41) is 2.75. The van der Waals surface area contributed by atoms with E-state index in [0.29, 0.717) is 19.0 Å². The number of ether oxygens (including phenoxy) is 1. The summed E-state index contributed by atoms with van der Waals surface area (Å²) in [6, 6.07) is 3.50. The van der Waals surface area contributed by atoms with Gasteiger partial charge in [0.05, 0.1) is 6.54 Å². The Morgan fingerprint density at radius 2 is 2.47 bits per heavy atom. The first-order valence-electron chi connectivity index (χ1n) is 6.37. The van der Waals surface area contributed by atoms with Gasteiger partial charge in [-0.05, 0) is 31.4 Å². The summed E-state index contributed by atoms with van der Waals surface area (Å²) in [6.07, 6.45) is 4.05. The minimum atomic E-state index is -0.366. The van der Waals surface area contributed by atoms with E-state index in [0.717, 1.165) is 24.8 Å². The van der Waals surface area contributed by atoms with Crippen LogP contribution in [-0.2, 0) is 9.53 Å². The highest BCUT2D eigenvalue weighted by molar-refractivity contribution is 5.93. The van der Waals surface area contributed by atoms with Gasteiger partial charge in [0.2, 0.25) is 0 Å². The van der Waals surface area contributed by atoms with E-state index in [1.807, 2.05) is 0 Å². The van der Waals surface area contributed by atoms with Crippen molar-refractivity contribution in [1.82, 2.24) is 4.98 Å². The second-order valence-electron chi connectivity index (χ2n) is 4.28. The molecule has 1 unspecified atom stereocenters. The van der Waals surface area contributed by atoms with Gasteiger partial charge in [-0.25, -0.2) is 4.98 Å². The summed E-state index contributed by atoms with van der Waals surface area (Å²) in [6.45, 7) is 0.952. The molecule has 1 aromatic rings. The van der Waals surface area contributed by atoms with Gasteiger partial charge in [0, 0.05) is 18.4 Å². The molecule has 3 N–H and O–H groups in total. The normalized spacial score (nSPS) is 18.3. The number of nitrogens with zero attached hydrogens (tertiary/aromatic N) is 1. The van der Waals surface area contributed by atoms with E-state index in [-0.39, 0.29) is 12.0 Å². The zero-order valence-corrected chi connectivity index (χ0v) is 10.7. The average molecular weight is 259 g/mol. The highest BCUT2D eigenvalue weighted by atomic mass is 16.5. The van der Waals surface area contributed by atoms with Gasteiger partial charge >= 0.3 is 0 Å². The number of nitrogens with two attached hydrogens (primary N) is 1. The molecule has 0 bridgehead atoms. The lowest BCUT2D eigenvalue weighted by Crippen LogP contribution is -2.33. The molecule has 5 nitrogen and oxygen atoms in total. The van der Waals surface area contributed by atoms with Crippen LogP contribution in [-0.4, -0.2) is 30.1 Å². The van der Waals surface area contributed by atoms with Crippen molar-refractivity contribution >= 4 is 11.7 Å². The number of aromatic nitrogens is 1. The standard InChI is InChI=1S/C14H17N3O2/c15-7-3-4-11-6-8-16-13(10-11)17-14(18)12-5-1-2-9-19-12/h6,8,10,12H,1-2,5,7,9,15H2,(H,16,17,18). The number of nitrogens with one attached hydrogen (secondary N) is 1. The Labute approximate surface area is 112 Å². The lowest BCUT2D eigenvalue weighted by atomic mass is 10.1. The fourth-order valence-electron chi connectivity index (χ4n) is 1.88. The Kier molecular flexibility index (Phi) is 4.90. The monoisotopic (exact) mass is 259 g/mol. The third-order valence-electron chi connectivity index (χ3n) is 2.82. The third-order valence-corrected chi connectivity index (χ3v) is 2.82. The number of amides is 1. The van der Waals surface area contributed by atoms with Gasteiger partial charge in [-0.15, -0.1) is 0 Å². The van der Waals surface area contributed by atoms with E-state index in [1.165, 1.54) is 0 Å². The molecule has 0 spiro atoms. The molecule has 0 radical (unpaired) electrons. The zero-order valence-electron chi connectivity index (χ0n) is 10.7. The molecule has 1 fully saturated rings. The molecule has 0 aliphatic carbocycles. The summed E-state index contributed by atoms with van der Waals surface area (Å²) in [5.41, 5.74) is 6.10. The maximum atomic E-state index is 12.0. The van der Waals surface area contributed by atoms with Crippen LogP contribution >= 0.6 is 0 Å². The molecule has 5 heteroatoms. The van der Waals surface area contributed by atoms with Gasteiger partial charge in [0.25, 0.3) is 5.91 Å². The minimum Gasteiger partial charge on any atom is -0.368 e. The molecular formula is C14H17N3O2. The SMILES string of the molecule is NCC#Cc1ccnc(NC(=O)C2CCCCO2)c1. The number of anilines is 1. The largest absolute Gasteiger partial charge is 0.368 e. The molecule has 2 rings (SSSR count). The molecule has 19 heavy (non-hydrogen) atoms. The summed E-state index contributed by atoms with van der Waals surface area (Å²) >= 11 is 0.